The fraction of sp³-hybridized carbons (Fsp3) is 0.455. The zero-order valence-corrected chi connectivity index (χ0v) is 10.1. The summed E-state index contributed by atoms with van der Waals surface area (Å²) in [6.07, 6.45) is 2.36. The van der Waals surface area contributed by atoms with E-state index in [9.17, 15) is 0 Å². The Bertz CT molecular complexity index is 331. The summed E-state index contributed by atoms with van der Waals surface area (Å²) in [5.41, 5.74) is 1.08. The summed E-state index contributed by atoms with van der Waals surface area (Å²) in [4.78, 5) is 0. The smallest absolute Gasteiger partial charge is 0.0470 e. The summed E-state index contributed by atoms with van der Waals surface area (Å²) in [6.45, 7) is 2.24. The van der Waals surface area contributed by atoms with Gasteiger partial charge in [0, 0.05) is 15.1 Å². The molecule has 0 saturated heterocycles. The van der Waals surface area contributed by atoms with Crippen LogP contribution in [0.3, 0.4) is 0 Å². The SMILES string of the molecule is CC1CC(c2c(Cl)cc(Cl)cc2Cl)C1. The van der Waals surface area contributed by atoms with E-state index in [1.807, 2.05) is 0 Å². The zero-order chi connectivity index (χ0) is 10.3. The van der Waals surface area contributed by atoms with Gasteiger partial charge in [-0.1, -0.05) is 41.7 Å². The number of rotatable bonds is 1. The largest absolute Gasteiger partial charge is 0.0842 e. The summed E-state index contributed by atoms with van der Waals surface area (Å²) in [5.74, 6) is 1.32. The highest BCUT2D eigenvalue weighted by Crippen LogP contribution is 2.46. The summed E-state index contributed by atoms with van der Waals surface area (Å²) < 4.78 is 0. The van der Waals surface area contributed by atoms with Crippen molar-refractivity contribution in [2.45, 2.75) is 25.7 Å². The third-order valence-electron chi connectivity index (χ3n) is 2.83. The molecular weight excluding hydrogens is 238 g/mol. The molecule has 1 aliphatic carbocycles. The average Bonchev–Trinajstić information content (AvgIpc) is 1.99. The van der Waals surface area contributed by atoms with Crippen molar-refractivity contribution < 1.29 is 0 Å². The molecule has 0 N–H and O–H groups in total. The highest BCUT2D eigenvalue weighted by Gasteiger charge is 2.30. The first-order valence-corrected chi connectivity index (χ1v) is 5.85. The van der Waals surface area contributed by atoms with Crippen LogP contribution < -0.4 is 0 Å². The van der Waals surface area contributed by atoms with E-state index in [4.69, 9.17) is 34.8 Å². The van der Waals surface area contributed by atoms with Crippen molar-refractivity contribution in [3.05, 3.63) is 32.8 Å². The molecule has 0 spiro atoms. The van der Waals surface area contributed by atoms with Gasteiger partial charge in [0.2, 0.25) is 0 Å². The number of halogens is 3. The van der Waals surface area contributed by atoms with Crippen LogP contribution in [0.2, 0.25) is 15.1 Å². The molecule has 0 unspecified atom stereocenters. The first kappa shape index (κ1) is 10.6. The van der Waals surface area contributed by atoms with Gasteiger partial charge in [-0.05, 0) is 42.4 Å². The van der Waals surface area contributed by atoms with Crippen LogP contribution in [0.1, 0.15) is 31.2 Å². The van der Waals surface area contributed by atoms with E-state index in [0.29, 0.717) is 21.0 Å². The van der Waals surface area contributed by atoms with Crippen LogP contribution >= 0.6 is 34.8 Å². The molecular formula is C11H11Cl3. The van der Waals surface area contributed by atoms with E-state index in [0.717, 1.165) is 11.5 Å². The van der Waals surface area contributed by atoms with Crippen molar-refractivity contribution in [3.8, 4) is 0 Å². The van der Waals surface area contributed by atoms with Gasteiger partial charge in [-0.3, -0.25) is 0 Å². The maximum Gasteiger partial charge on any atom is 0.0470 e. The fourth-order valence-corrected chi connectivity index (χ4v) is 3.21. The molecule has 0 heterocycles. The predicted molar refractivity (Wildman–Crippen MR) is 62.6 cm³/mol. The van der Waals surface area contributed by atoms with E-state index in [-0.39, 0.29) is 0 Å². The third kappa shape index (κ3) is 1.88. The monoisotopic (exact) mass is 248 g/mol. The average molecular weight is 250 g/mol. The van der Waals surface area contributed by atoms with Gasteiger partial charge in [-0.15, -0.1) is 0 Å². The maximum absolute atomic E-state index is 6.12. The summed E-state index contributed by atoms with van der Waals surface area (Å²) in [7, 11) is 0. The van der Waals surface area contributed by atoms with Crippen molar-refractivity contribution in [1.29, 1.82) is 0 Å². The number of hydrogen-bond acceptors (Lipinski definition) is 0. The van der Waals surface area contributed by atoms with Gasteiger partial charge < -0.3 is 0 Å². The van der Waals surface area contributed by atoms with Crippen LogP contribution in [-0.4, -0.2) is 0 Å². The first-order chi connectivity index (χ1) is 6.58. The third-order valence-corrected chi connectivity index (χ3v) is 3.67. The Labute approximate surface area is 99.2 Å². The zero-order valence-electron chi connectivity index (χ0n) is 7.86. The molecule has 14 heavy (non-hydrogen) atoms. The van der Waals surface area contributed by atoms with E-state index < -0.39 is 0 Å². The molecule has 1 fully saturated rings. The minimum atomic E-state index is 0.530. The Kier molecular flexibility index (Phi) is 2.97. The second-order valence-electron chi connectivity index (χ2n) is 4.06. The lowest BCUT2D eigenvalue weighted by atomic mass is 9.72. The lowest BCUT2D eigenvalue weighted by molar-refractivity contribution is 0.289. The molecule has 0 radical (unpaired) electrons. The molecule has 0 bridgehead atoms. The second-order valence-corrected chi connectivity index (χ2v) is 5.31. The minimum absolute atomic E-state index is 0.530. The van der Waals surface area contributed by atoms with Crippen molar-refractivity contribution in [3.63, 3.8) is 0 Å². The van der Waals surface area contributed by atoms with E-state index in [1.165, 1.54) is 12.8 Å². The molecule has 0 amide bonds. The molecule has 1 saturated carbocycles. The van der Waals surface area contributed by atoms with Crippen LogP contribution in [0.15, 0.2) is 12.1 Å². The summed E-state index contributed by atoms with van der Waals surface area (Å²) in [5, 5.41) is 2.02. The van der Waals surface area contributed by atoms with Crippen molar-refractivity contribution in [2.24, 2.45) is 5.92 Å². The molecule has 3 heteroatoms. The first-order valence-electron chi connectivity index (χ1n) is 4.72. The highest BCUT2D eigenvalue weighted by atomic mass is 35.5. The fourth-order valence-electron chi connectivity index (χ4n) is 2.08. The van der Waals surface area contributed by atoms with E-state index >= 15 is 0 Å². The van der Waals surface area contributed by atoms with Gasteiger partial charge in [0.15, 0.2) is 0 Å². The van der Waals surface area contributed by atoms with Crippen LogP contribution in [0.25, 0.3) is 0 Å². The topological polar surface area (TPSA) is 0 Å². The van der Waals surface area contributed by atoms with Crippen LogP contribution in [-0.2, 0) is 0 Å². The van der Waals surface area contributed by atoms with Gasteiger partial charge in [-0.25, -0.2) is 0 Å². The molecule has 1 aliphatic rings. The van der Waals surface area contributed by atoms with Gasteiger partial charge in [0.05, 0.1) is 0 Å². The Morgan fingerprint density at radius 1 is 1.07 bits per heavy atom. The van der Waals surface area contributed by atoms with Crippen molar-refractivity contribution >= 4 is 34.8 Å². The molecule has 1 aromatic carbocycles. The summed E-state index contributed by atoms with van der Waals surface area (Å²) >= 11 is 18.1. The second kappa shape index (κ2) is 3.92. The van der Waals surface area contributed by atoms with E-state index in [1.54, 1.807) is 12.1 Å². The maximum atomic E-state index is 6.12. The molecule has 2 rings (SSSR count). The van der Waals surface area contributed by atoms with Gasteiger partial charge in [0.25, 0.3) is 0 Å². The molecule has 0 atom stereocenters. The standard InChI is InChI=1S/C11H11Cl3/c1-6-2-7(3-6)11-9(13)4-8(12)5-10(11)14/h4-7H,2-3H2,1H3. The molecule has 0 aliphatic heterocycles. The predicted octanol–water partition coefficient (Wildman–Crippen LogP) is 5.16. The van der Waals surface area contributed by atoms with Gasteiger partial charge in [0.1, 0.15) is 0 Å². The summed E-state index contributed by atoms with van der Waals surface area (Å²) in [6, 6.07) is 3.54. The Balaban J connectivity index is 2.33. The lowest BCUT2D eigenvalue weighted by Crippen LogP contribution is -2.19. The molecule has 0 nitrogen and oxygen atoms in total. The number of hydrogen-bond donors (Lipinski definition) is 0. The Hall–Kier alpha value is 0.0900. The van der Waals surface area contributed by atoms with E-state index in [2.05, 4.69) is 6.92 Å². The number of benzene rings is 1. The van der Waals surface area contributed by atoms with Gasteiger partial charge >= 0.3 is 0 Å². The molecule has 0 aromatic heterocycles. The van der Waals surface area contributed by atoms with Crippen LogP contribution in [0.4, 0.5) is 0 Å². The molecule has 1 aromatic rings. The Morgan fingerprint density at radius 3 is 2.00 bits per heavy atom. The molecule has 76 valence electrons. The van der Waals surface area contributed by atoms with Crippen molar-refractivity contribution in [1.82, 2.24) is 0 Å². The quantitative estimate of drug-likeness (QED) is 0.645. The van der Waals surface area contributed by atoms with Crippen LogP contribution in [0, 0.1) is 5.92 Å². The Morgan fingerprint density at radius 2 is 1.57 bits per heavy atom. The normalized spacial score (nSPS) is 26.0. The van der Waals surface area contributed by atoms with Crippen LogP contribution in [0.5, 0.6) is 0 Å². The van der Waals surface area contributed by atoms with Crippen molar-refractivity contribution in [2.75, 3.05) is 0 Å². The van der Waals surface area contributed by atoms with Gasteiger partial charge in [-0.2, -0.15) is 0 Å². The highest BCUT2D eigenvalue weighted by molar-refractivity contribution is 6.39. The lowest BCUT2D eigenvalue weighted by Gasteiger charge is -2.34. The minimum Gasteiger partial charge on any atom is -0.0842 e.